The molecule has 1 aliphatic heterocycles. The number of benzene rings is 2. The molecule has 2 aliphatic rings. The minimum Gasteiger partial charge on any atom is -0.493 e. The number of rotatable bonds is 6. The maximum atomic E-state index is 12.9. The first-order valence-electron chi connectivity index (χ1n) is 10.1. The first-order valence-corrected chi connectivity index (χ1v) is 10.1. The Hall–Kier alpha value is -3.60. The monoisotopic (exact) mass is 439 g/mol. The maximum Gasteiger partial charge on any atom is 0.310 e. The lowest BCUT2D eigenvalue weighted by Gasteiger charge is -2.37. The Bertz CT molecular complexity index is 1070. The van der Waals surface area contributed by atoms with Gasteiger partial charge >= 0.3 is 5.97 Å². The van der Waals surface area contributed by atoms with Crippen LogP contribution >= 0.6 is 0 Å². The highest BCUT2D eigenvalue weighted by Crippen LogP contribution is 2.55. The molecule has 32 heavy (non-hydrogen) atoms. The molecule has 0 N–H and O–H groups in total. The zero-order valence-corrected chi connectivity index (χ0v) is 18.6. The van der Waals surface area contributed by atoms with Gasteiger partial charge in [-0.05, 0) is 41.0 Å². The third-order valence-electron chi connectivity index (χ3n) is 6.38. The number of cyclic esters (lactones) is 1. The van der Waals surface area contributed by atoms with Crippen molar-refractivity contribution in [2.75, 3.05) is 42.2 Å². The van der Waals surface area contributed by atoms with E-state index >= 15 is 0 Å². The second kappa shape index (κ2) is 8.50. The van der Waals surface area contributed by atoms with Gasteiger partial charge in [0.05, 0.1) is 60.1 Å². The van der Waals surface area contributed by atoms with Gasteiger partial charge in [-0.3, -0.25) is 4.79 Å². The highest BCUT2D eigenvalue weighted by molar-refractivity contribution is 5.79. The van der Waals surface area contributed by atoms with E-state index in [0.29, 0.717) is 28.7 Å². The molecule has 2 aromatic carbocycles. The van der Waals surface area contributed by atoms with E-state index in [9.17, 15) is 10.1 Å². The number of carbonyl (C=O) groups excluding carboxylic acids is 1. The van der Waals surface area contributed by atoms with Crippen LogP contribution in [0.3, 0.4) is 0 Å². The molecule has 0 saturated carbocycles. The van der Waals surface area contributed by atoms with Gasteiger partial charge in [-0.25, -0.2) is 0 Å². The van der Waals surface area contributed by atoms with E-state index in [1.807, 2.05) is 24.3 Å². The molecule has 4 rings (SSSR count). The Kier molecular flexibility index (Phi) is 5.74. The molecule has 1 fully saturated rings. The van der Waals surface area contributed by atoms with E-state index in [0.717, 1.165) is 16.7 Å². The normalized spacial score (nSPS) is 23.3. The quantitative estimate of drug-likeness (QED) is 0.633. The zero-order valence-electron chi connectivity index (χ0n) is 18.6. The van der Waals surface area contributed by atoms with Crippen LogP contribution in [0.25, 0.3) is 0 Å². The number of esters is 1. The third kappa shape index (κ3) is 3.16. The minimum absolute atomic E-state index is 0.191. The summed E-state index contributed by atoms with van der Waals surface area (Å²) < 4.78 is 33.0. The van der Waals surface area contributed by atoms with Crippen LogP contribution in [0, 0.1) is 23.2 Å². The summed E-state index contributed by atoms with van der Waals surface area (Å²) in [5.74, 6) is 0.405. The SMILES string of the molecule is COc1cc2c(cc1OC)[C@@H](C#N)[C@H]1COC(=O)[C@@H]1[C@@H]2c1cc(OC)c(OC)c(OC)c1. The molecule has 168 valence electrons. The van der Waals surface area contributed by atoms with Crippen molar-refractivity contribution in [2.45, 2.75) is 11.8 Å². The molecule has 0 bridgehead atoms. The number of hydrogen-bond acceptors (Lipinski definition) is 8. The number of hydrogen-bond donors (Lipinski definition) is 0. The highest BCUT2D eigenvalue weighted by atomic mass is 16.5. The average Bonchev–Trinajstić information content (AvgIpc) is 3.21. The summed E-state index contributed by atoms with van der Waals surface area (Å²) in [5.41, 5.74) is 2.39. The Morgan fingerprint density at radius 1 is 0.844 bits per heavy atom. The molecular formula is C24H25NO7. The standard InChI is InChI=1S/C24H25NO7/c1-27-17-8-13-14(9-18(17)28-2)21(22-16(15(13)10-25)11-32-24(22)26)12-6-19(29-3)23(31-5)20(7-12)30-4/h6-9,15-16,21-22H,11H2,1-5H3/t15-,16-,21-,22+/m1/s1. The molecule has 4 atom stereocenters. The fourth-order valence-electron chi connectivity index (χ4n) is 4.95. The van der Waals surface area contributed by atoms with E-state index in [2.05, 4.69) is 6.07 Å². The number of ether oxygens (including phenoxy) is 6. The van der Waals surface area contributed by atoms with E-state index in [-0.39, 0.29) is 18.5 Å². The topological polar surface area (TPSA) is 96.2 Å². The molecule has 1 saturated heterocycles. The first-order chi connectivity index (χ1) is 15.5. The Morgan fingerprint density at radius 2 is 1.41 bits per heavy atom. The van der Waals surface area contributed by atoms with Gasteiger partial charge in [-0.15, -0.1) is 0 Å². The fourth-order valence-corrected chi connectivity index (χ4v) is 4.95. The lowest BCUT2D eigenvalue weighted by Crippen LogP contribution is -2.34. The predicted molar refractivity (Wildman–Crippen MR) is 114 cm³/mol. The highest BCUT2D eigenvalue weighted by Gasteiger charge is 2.52. The molecule has 1 aliphatic carbocycles. The summed E-state index contributed by atoms with van der Waals surface area (Å²) >= 11 is 0. The van der Waals surface area contributed by atoms with E-state index < -0.39 is 17.8 Å². The lowest BCUT2D eigenvalue weighted by atomic mass is 9.63. The molecule has 8 heteroatoms. The van der Waals surface area contributed by atoms with Gasteiger partial charge in [-0.2, -0.15) is 5.26 Å². The number of fused-ring (bicyclic) bond motifs is 2. The zero-order chi connectivity index (χ0) is 23.0. The van der Waals surface area contributed by atoms with Gasteiger partial charge < -0.3 is 28.4 Å². The smallest absolute Gasteiger partial charge is 0.310 e. The first kappa shape index (κ1) is 21.6. The molecule has 0 radical (unpaired) electrons. The number of nitriles is 1. The Balaban J connectivity index is 2.01. The van der Waals surface area contributed by atoms with Crippen molar-refractivity contribution in [1.29, 1.82) is 5.26 Å². The van der Waals surface area contributed by atoms with E-state index in [1.165, 1.54) is 7.11 Å². The van der Waals surface area contributed by atoms with Crippen LogP contribution in [-0.2, 0) is 9.53 Å². The van der Waals surface area contributed by atoms with Crippen LogP contribution in [0.4, 0.5) is 0 Å². The van der Waals surface area contributed by atoms with Crippen LogP contribution in [-0.4, -0.2) is 48.1 Å². The van der Waals surface area contributed by atoms with E-state index in [4.69, 9.17) is 28.4 Å². The summed E-state index contributed by atoms with van der Waals surface area (Å²) in [6.07, 6.45) is 0. The number of methoxy groups -OCH3 is 5. The number of nitrogens with zero attached hydrogens (tertiary/aromatic N) is 1. The van der Waals surface area contributed by atoms with Gasteiger partial charge in [0.2, 0.25) is 5.75 Å². The van der Waals surface area contributed by atoms with Crippen molar-refractivity contribution in [3.05, 3.63) is 41.0 Å². The average molecular weight is 439 g/mol. The molecule has 0 amide bonds. The van der Waals surface area contributed by atoms with Crippen molar-refractivity contribution < 1.29 is 33.2 Å². The second-order valence-corrected chi connectivity index (χ2v) is 7.70. The fraction of sp³-hybridized carbons (Fsp3) is 0.417. The molecule has 2 aromatic rings. The van der Waals surface area contributed by atoms with Crippen LogP contribution in [0.15, 0.2) is 24.3 Å². The minimum atomic E-state index is -0.534. The van der Waals surface area contributed by atoms with Crippen molar-refractivity contribution >= 4 is 5.97 Å². The van der Waals surface area contributed by atoms with Gasteiger partial charge in [0.25, 0.3) is 0 Å². The van der Waals surface area contributed by atoms with Crippen molar-refractivity contribution in [3.63, 3.8) is 0 Å². The van der Waals surface area contributed by atoms with E-state index in [1.54, 1.807) is 28.4 Å². The Labute approximate surface area is 186 Å². The van der Waals surface area contributed by atoms with Crippen LogP contribution in [0.2, 0.25) is 0 Å². The second-order valence-electron chi connectivity index (χ2n) is 7.70. The molecule has 0 aromatic heterocycles. The lowest BCUT2D eigenvalue weighted by molar-refractivity contribution is -0.141. The predicted octanol–water partition coefficient (Wildman–Crippen LogP) is 3.27. The van der Waals surface area contributed by atoms with Crippen molar-refractivity contribution in [3.8, 4) is 34.8 Å². The molecule has 1 heterocycles. The largest absolute Gasteiger partial charge is 0.493 e. The van der Waals surface area contributed by atoms with Gasteiger partial charge in [0.1, 0.15) is 0 Å². The van der Waals surface area contributed by atoms with Crippen LogP contribution in [0.1, 0.15) is 28.5 Å². The molecule has 0 unspecified atom stereocenters. The van der Waals surface area contributed by atoms with Gasteiger partial charge in [0.15, 0.2) is 23.0 Å². The summed E-state index contributed by atoms with van der Waals surface area (Å²) in [5, 5.41) is 10.0. The van der Waals surface area contributed by atoms with Gasteiger partial charge in [0, 0.05) is 11.8 Å². The maximum absolute atomic E-state index is 12.9. The Morgan fingerprint density at radius 3 is 1.91 bits per heavy atom. The summed E-state index contributed by atoms with van der Waals surface area (Å²) in [6, 6.07) is 9.72. The molecule has 8 nitrogen and oxygen atoms in total. The number of carbonyl (C=O) groups is 1. The summed E-state index contributed by atoms with van der Waals surface area (Å²) in [4.78, 5) is 12.9. The van der Waals surface area contributed by atoms with Gasteiger partial charge in [-0.1, -0.05) is 0 Å². The van der Waals surface area contributed by atoms with Crippen molar-refractivity contribution in [1.82, 2.24) is 0 Å². The van der Waals surface area contributed by atoms with Crippen molar-refractivity contribution in [2.24, 2.45) is 11.8 Å². The summed E-state index contributed by atoms with van der Waals surface area (Å²) in [6.45, 7) is 0.191. The molecule has 0 spiro atoms. The third-order valence-corrected chi connectivity index (χ3v) is 6.38. The summed E-state index contributed by atoms with van der Waals surface area (Å²) in [7, 11) is 7.73. The van der Waals surface area contributed by atoms with Crippen LogP contribution < -0.4 is 23.7 Å². The molecular weight excluding hydrogens is 414 g/mol. The van der Waals surface area contributed by atoms with Crippen LogP contribution in [0.5, 0.6) is 28.7 Å².